The van der Waals surface area contributed by atoms with Gasteiger partial charge in [0.2, 0.25) is 0 Å². The van der Waals surface area contributed by atoms with Crippen LogP contribution in [0.25, 0.3) is 0 Å². The molecule has 0 amide bonds. The molecule has 0 N–H and O–H groups in total. The van der Waals surface area contributed by atoms with E-state index in [0.717, 1.165) is 44.1 Å². The summed E-state index contributed by atoms with van der Waals surface area (Å²) in [4.78, 5) is 8.75. The number of anilines is 1. The van der Waals surface area contributed by atoms with Gasteiger partial charge in [-0.3, -0.25) is 4.90 Å². The van der Waals surface area contributed by atoms with Crippen LogP contribution in [0.15, 0.2) is 36.5 Å². The van der Waals surface area contributed by atoms with Crippen LogP contribution in [-0.2, 0) is 6.54 Å². The Morgan fingerprint density at radius 3 is 2.48 bits per heavy atom. The van der Waals surface area contributed by atoms with E-state index < -0.39 is 0 Å². The summed E-state index contributed by atoms with van der Waals surface area (Å²) in [6.07, 6.45) is 1.55. The largest absolute Gasteiger partial charge is 0.353 e. The molecule has 6 heteroatoms. The van der Waals surface area contributed by atoms with Gasteiger partial charge in [-0.2, -0.15) is 5.26 Å². The molecule has 0 saturated carbocycles. The zero-order valence-electron chi connectivity index (χ0n) is 12.5. The second-order valence-corrected chi connectivity index (χ2v) is 5.94. The first-order valence-electron chi connectivity index (χ1n) is 7.43. The molecule has 1 aromatic carbocycles. The Kier molecular flexibility index (Phi) is 4.75. The Morgan fingerprint density at radius 1 is 1.17 bits per heavy atom. The van der Waals surface area contributed by atoms with Crippen LogP contribution < -0.4 is 4.90 Å². The van der Waals surface area contributed by atoms with Crippen molar-refractivity contribution in [3.8, 4) is 6.07 Å². The first-order valence-corrected chi connectivity index (χ1v) is 7.81. The number of nitriles is 1. The summed E-state index contributed by atoms with van der Waals surface area (Å²) in [6.45, 7) is 4.22. The molecule has 1 aliphatic heterocycles. The summed E-state index contributed by atoms with van der Waals surface area (Å²) in [5, 5.41) is 9.37. The lowest BCUT2D eigenvalue weighted by atomic mass is 10.2. The molecular weight excluding hydrogens is 315 g/mol. The van der Waals surface area contributed by atoms with Gasteiger partial charge in [0.05, 0.1) is 10.6 Å². The maximum Gasteiger partial charge on any atom is 0.147 e. The molecule has 1 aliphatic rings. The number of nitrogens with zero attached hydrogens (tertiary/aromatic N) is 4. The fourth-order valence-electron chi connectivity index (χ4n) is 2.69. The van der Waals surface area contributed by atoms with Crippen molar-refractivity contribution in [2.24, 2.45) is 0 Å². The minimum atomic E-state index is -0.208. The van der Waals surface area contributed by atoms with Crippen LogP contribution >= 0.6 is 11.6 Å². The van der Waals surface area contributed by atoms with Crippen molar-refractivity contribution in [2.45, 2.75) is 6.54 Å². The molecular formula is C17H16ClFN4. The van der Waals surface area contributed by atoms with E-state index in [9.17, 15) is 4.39 Å². The first kappa shape index (κ1) is 15.7. The number of pyridine rings is 1. The molecule has 118 valence electrons. The molecule has 1 aromatic heterocycles. The Morgan fingerprint density at radius 2 is 1.87 bits per heavy atom. The average Bonchev–Trinajstić information content (AvgIpc) is 2.58. The second-order valence-electron chi connectivity index (χ2n) is 5.53. The van der Waals surface area contributed by atoms with Gasteiger partial charge in [-0.25, -0.2) is 9.37 Å². The summed E-state index contributed by atoms with van der Waals surface area (Å²) in [6, 6.07) is 10.3. The number of hydrogen-bond donors (Lipinski definition) is 0. The SMILES string of the molecule is N#Cc1cnc(N2CCN(Cc3ccc(F)cc3)CC2)c(Cl)c1. The molecule has 0 unspecified atom stereocenters. The van der Waals surface area contributed by atoms with Crippen molar-refractivity contribution < 1.29 is 4.39 Å². The topological polar surface area (TPSA) is 43.2 Å². The Labute approximate surface area is 139 Å². The van der Waals surface area contributed by atoms with E-state index in [1.165, 1.54) is 12.1 Å². The van der Waals surface area contributed by atoms with Gasteiger partial charge >= 0.3 is 0 Å². The number of benzene rings is 1. The highest BCUT2D eigenvalue weighted by molar-refractivity contribution is 6.33. The van der Waals surface area contributed by atoms with Crippen molar-refractivity contribution in [3.05, 3.63) is 58.5 Å². The molecule has 3 rings (SSSR count). The van der Waals surface area contributed by atoms with E-state index in [4.69, 9.17) is 16.9 Å². The zero-order valence-corrected chi connectivity index (χ0v) is 13.3. The normalized spacial score (nSPS) is 15.4. The van der Waals surface area contributed by atoms with Gasteiger partial charge in [0.25, 0.3) is 0 Å². The maximum atomic E-state index is 12.9. The van der Waals surface area contributed by atoms with Crippen LogP contribution in [0.5, 0.6) is 0 Å². The van der Waals surface area contributed by atoms with Crippen LogP contribution in [-0.4, -0.2) is 36.1 Å². The smallest absolute Gasteiger partial charge is 0.147 e. The van der Waals surface area contributed by atoms with Gasteiger partial charge in [-0.05, 0) is 23.8 Å². The zero-order chi connectivity index (χ0) is 16.2. The number of rotatable bonds is 3. The number of hydrogen-bond acceptors (Lipinski definition) is 4. The Bertz CT molecular complexity index is 718. The van der Waals surface area contributed by atoms with Gasteiger partial charge in [0.15, 0.2) is 0 Å². The summed E-state index contributed by atoms with van der Waals surface area (Å²) < 4.78 is 12.9. The third-order valence-corrected chi connectivity index (χ3v) is 4.22. The fraction of sp³-hybridized carbons (Fsp3) is 0.294. The monoisotopic (exact) mass is 330 g/mol. The number of aromatic nitrogens is 1. The van der Waals surface area contributed by atoms with Crippen LogP contribution in [0.1, 0.15) is 11.1 Å². The van der Waals surface area contributed by atoms with Gasteiger partial charge in [-0.15, -0.1) is 0 Å². The van der Waals surface area contributed by atoms with E-state index in [0.29, 0.717) is 10.6 Å². The van der Waals surface area contributed by atoms with Crippen molar-refractivity contribution >= 4 is 17.4 Å². The van der Waals surface area contributed by atoms with Crippen molar-refractivity contribution in [2.75, 3.05) is 31.1 Å². The van der Waals surface area contributed by atoms with E-state index >= 15 is 0 Å². The minimum Gasteiger partial charge on any atom is -0.353 e. The third-order valence-electron chi connectivity index (χ3n) is 3.94. The number of halogens is 2. The van der Waals surface area contributed by atoms with Crippen molar-refractivity contribution in [1.29, 1.82) is 5.26 Å². The quantitative estimate of drug-likeness (QED) is 0.867. The third kappa shape index (κ3) is 3.79. The minimum absolute atomic E-state index is 0.208. The average molecular weight is 331 g/mol. The lowest BCUT2D eigenvalue weighted by Crippen LogP contribution is -2.46. The standard InChI is InChI=1S/C17H16ClFN4/c18-16-9-14(10-20)11-21-17(16)23-7-5-22(6-8-23)12-13-1-3-15(19)4-2-13/h1-4,9,11H,5-8,12H2. The van der Waals surface area contributed by atoms with Crippen molar-refractivity contribution in [3.63, 3.8) is 0 Å². The molecule has 1 fully saturated rings. The van der Waals surface area contributed by atoms with E-state index in [2.05, 4.69) is 14.8 Å². The van der Waals surface area contributed by atoms with Crippen LogP contribution in [0.4, 0.5) is 10.2 Å². The molecule has 0 atom stereocenters. The van der Waals surface area contributed by atoms with E-state index in [-0.39, 0.29) is 5.82 Å². The lowest BCUT2D eigenvalue weighted by Gasteiger charge is -2.35. The summed E-state index contributed by atoms with van der Waals surface area (Å²) in [5.74, 6) is 0.521. The predicted octanol–water partition coefficient (Wildman–Crippen LogP) is 3.07. The fourth-order valence-corrected chi connectivity index (χ4v) is 2.98. The highest BCUT2D eigenvalue weighted by atomic mass is 35.5. The highest BCUT2D eigenvalue weighted by Gasteiger charge is 2.20. The molecule has 1 saturated heterocycles. The molecule has 23 heavy (non-hydrogen) atoms. The van der Waals surface area contributed by atoms with Crippen LogP contribution in [0, 0.1) is 17.1 Å². The van der Waals surface area contributed by atoms with E-state index in [1.54, 1.807) is 12.3 Å². The number of piperazine rings is 1. The summed E-state index contributed by atoms with van der Waals surface area (Å²) in [5.41, 5.74) is 1.57. The van der Waals surface area contributed by atoms with Gasteiger partial charge in [0, 0.05) is 38.9 Å². The predicted molar refractivity (Wildman–Crippen MR) is 87.9 cm³/mol. The lowest BCUT2D eigenvalue weighted by molar-refractivity contribution is 0.249. The van der Waals surface area contributed by atoms with Gasteiger partial charge < -0.3 is 4.90 Å². The van der Waals surface area contributed by atoms with Crippen LogP contribution in [0.3, 0.4) is 0 Å². The summed E-state index contributed by atoms with van der Waals surface area (Å²) in [7, 11) is 0. The summed E-state index contributed by atoms with van der Waals surface area (Å²) >= 11 is 6.22. The Balaban J connectivity index is 1.60. The van der Waals surface area contributed by atoms with Crippen molar-refractivity contribution in [1.82, 2.24) is 9.88 Å². The highest BCUT2D eigenvalue weighted by Crippen LogP contribution is 2.25. The Hall–Kier alpha value is -2.16. The molecule has 2 aromatic rings. The molecule has 0 radical (unpaired) electrons. The molecule has 0 spiro atoms. The molecule has 2 heterocycles. The second kappa shape index (κ2) is 6.95. The molecule has 0 bridgehead atoms. The van der Waals surface area contributed by atoms with Gasteiger partial charge in [-0.1, -0.05) is 23.7 Å². The maximum absolute atomic E-state index is 12.9. The molecule has 0 aliphatic carbocycles. The van der Waals surface area contributed by atoms with Gasteiger partial charge in [0.1, 0.15) is 17.7 Å². The van der Waals surface area contributed by atoms with Crippen LogP contribution in [0.2, 0.25) is 5.02 Å². The molecule has 4 nitrogen and oxygen atoms in total. The van der Waals surface area contributed by atoms with E-state index in [1.807, 2.05) is 18.2 Å². The first-order chi connectivity index (χ1) is 11.2.